The van der Waals surface area contributed by atoms with Crippen LogP contribution in [0.1, 0.15) is 16.8 Å². The quantitative estimate of drug-likeness (QED) is 0.648. The normalized spacial score (nSPS) is 15.7. The summed E-state index contributed by atoms with van der Waals surface area (Å²) in [6.45, 7) is 3.66. The number of benzene rings is 2. The molecule has 162 valence electrons. The SMILES string of the molecule is CN1CCN(S(=O)(=O)c2cccc(C(=O)NCCCN(C)c3ccccc3)c2)CC1. The van der Waals surface area contributed by atoms with Crippen molar-refractivity contribution < 1.29 is 13.2 Å². The first-order chi connectivity index (χ1) is 14.4. The monoisotopic (exact) mass is 430 g/mol. The Bertz CT molecular complexity index is 942. The van der Waals surface area contributed by atoms with Gasteiger partial charge in [-0.1, -0.05) is 24.3 Å². The van der Waals surface area contributed by atoms with Gasteiger partial charge in [-0.3, -0.25) is 4.79 Å². The molecule has 0 saturated carbocycles. The Morgan fingerprint density at radius 2 is 1.73 bits per heavy atom. The summed E-state index contributed by atoms with van der Waals surface area (Å²) in [6.07, 6.45) is 0.788. The molecule has 1 fully saturated rings. The molecule has 0 spiro atoms. The Morgan fingerprint density at radius 3 is 2.43 bits per heavy atom. The van der Waals surface area contributed by atoms with Crippen molar-refractivity contribution in [3.05, 3.63) is 60.2 Å². The van der Waals surface area contributed by atoms with Gasteiger partial charge in [-0.25, -0.2) is 8.42 Å². The first kappa shape index (κ1) is 22.3. The summed E-state index contributed by atoms with van der Waals surface area (Å²) in [4.78, 5) is 16.9. The molecule has 1 heterocycles. The molecule has 0 aromatic heterocycles. The minimum absolute atomic E-state index is 0.170. The third kappa shape index (κ3) is 5.59. The minimum atomic E-state index is -3.59. The second-order valence-corrected chi connectivity index (χ2v) is 9.54. The van der Waals surface area contributed by atoms with E-state index in [9.17, 15) is 13.2 Å². The number of carbonyl (C=O) groups is 1. The molecule has 0 radical (unpaired) electrons. The van der Waals surface area contributed by atoms with E-state index in [0.29, 0.717) is 38.3 Å². The third-order valence-electron chi connectivity index (χ3n) is 5.35. The maximum Gasteiger partial charge on any atom is 0.251 e. The molecular weight excluding hydrogens is 400 g/mol. The van der Waals surface area contributed by atoms with Gasteiger partial charge in [-0.2, -0.15) is 4.31 Å². The Morgan fingerprint density at radius 1 is 1.03 bits per heavy atom. The summed E-state index contributed by atoms with van der Waals surface area (Å²) in [6, 6.07) is 16.4. The van der Waals surface area contributed by atoms with Crippen molar-refractivity contribution in [2.45, 2.75) is 11.3 Å². The highest BCUT2D eigenvalue weighted by atomic mass is 32.2. The molecule has 0 unspecified atom stereocenters. The van der Waals surface area contributed by atoms with Crippen molar-refractivity contribution in [3.63, 3.8) is 0 Å². The predicted molar refractivity (Wildman–Crippen MR) is 119 cm³/mol. The fraction of sp³-hybridized carbons (Fsp3) is 0.409. The summed E-state index contributed by atoms with van der Waals surface area (Å²) < 4.78 is 27.3. The smallest absolute Gasteiger partial charge is 0.251 e. The van der Waals surface area contributed by atoms with Gasteiger partial charge in [0.1, 0.15) is 0 Å². The molecule has 1 aliphatic rings. The Labute approximate surface area is 179 Å². The van der Waals surface area contributed by atoms with Crippen LogP contribution in [0.25, 0.3) is 0 Å². The van der Waals surface area contributed by atoms with Gasteiger partial charge in [-0.15, -0.1) is 0 Å². The summed E-state index contributed by atoms with van der Waals surface area (Å²) in [5.41, 5.74) is 1.49. The second-order valence-electron chi connectivity index (χ2n) is 7.60. The number of rotatable bonds is 8. The Balaban J connectivity index is 1.54. The fourth-order valence-electron chi connectivity index (χ4n) is 3.41. The van der Waals surface area contributed by atoms with Gasteiger partial charge in [-0.05, 0) is 43.8 Å². The molecular formula is C22H30N4O3S. The molecule has 1 aliphatic heterocycles. The van der Waals surface area contributed by atoms with E-state index in [0.717, 1.165) is 18.7 Å². The Hall–Kier alpha value is -2.42. The highest BCUT2D eigenvalue weighted by molar-refractivity contribution is 7.89. The number of para-hydroxylation sites is 1. The van der Waals surface area contributed by atoms with E-state index in [1.807, 2.05) is 44.4 Å². The molecule has 1 saturated heterocycles. The van der Waals surface area contributed by atoms with E-state index in [4.69, 9.17) is 0 Å². The number of anilines is 1. The van der Waals surface area contributed by atoms with Gasteiger partial charge in [0, 0.05) is 57.6 Å². The van der Waals surface area contributed by atoms with Crippen LogP contribution in [-0.2, 0) is 10.0 Å². The maximum absolute atomic E-state index is 12.9. The molecule has 1 amide bonds. The van der Waals surface area contributed by atoms with Crippen molar-refractivity contribution in [1.82, 2.24) is 14.5 Å². The van der Waals surface area contributed by atoms with Gasteiger partial charge in [0.25, 0.3) is 5.91 Å². The van der Waals surface area contributed by atoms with Crippen molar-refractivity contribution in [3.8, 4) is 0 Å². The summed E-state index contributed by atoms with van der Waals surface area (Å²) >= 11 is 0. The lowest BCUT2D eigenvalue weighted by Crippen LogP contribution is -2.47. The van der Waals surface area contributed by atoms with E-state index < -0.39 is 10.0 Å². The van der Waals surface area contributed by atoms with Crippen LogP contribution in [0.5, 0.6) is 0 Å². The zero-order chi connectivity index (χ0) is 21.6. The molecule has 30 heavy (non-hydrogen) atoms. The molecule has 1 N–H and O–H groups in total. The van der Waals surface area contributed by atoms with Gasteiger partial charge in [0.2, 0.25) is 10.0 Å². The number of amides is 1. The van der Waals surface area contributed by atoms with Crippen LogP contribution in [0, 0.1) is 0 Å². The molecule has 7 nitrogen and oxygen atoms in total. The number of nitrogens with zero attached hydrogens (tertiary/aromatic N) is 3. The number of hydrogen-bond acceptors (Lipinski definition) is 5. The topological polar surface area (TPSA) is 73.0 Å². The fourth-order valence-corrected chi connectivity index (χ4v) is 4.88. The second kappa shape index (κ2) is 10.1. The van der Waals surface area contributed by atoms with Crippen molar-refractivity contribution >= 4 is 21.6 Å². The molecule has 3 rings (SSSR count). The standard InChI is InChI=1S/C22H30N4O3S/c1-24-14-16-26(17-15-24)30(28,29)21-11-6-8-19(18-21)22(27)23-12-7-13-25(2)20-9-4-3-5-10-20/h3-6,8-11,18H,7,12-17H2,1-2H3,(H,23,27). The number of carbonyl (C=O) groups excluding carboxylic acids is 1. The third-order valence-corrected chi connectivity index (χ3v) is 7.24. The van der Waals surface area contributed by atoms with Crippen LogP contribution in [-0.4, -0.2) is 76.9 Å². The molecule has 2 aromatic carbocycles. The van der Waals surface area contributed by atoms with Gasteiger partial charge in [0.15, 0.2) is 0 Å². The summed E-state index contributed by atoms with van der Waals surface area (Å²) in [5, 5.41) is 2.89. The van der Waals surface area contributed by atoms with Crippen LogP contribution < -0.4 is 10.2 Å². The van der Waals surface area contributed by atoms with Crippen molar-refractivity contribution in [1.29, 1.82) is 0 Å². The van der Waals surface area contributed by atoms with Crippen LogP contribution in [0.2, 0.25) is 0 Å². The van der Waals surface area contributed by atoms with E-state index >= 15 is 0 Å². The molecule has 2 aromatic rings. The lowest BCUT2D eigenvalue weighted by Gasteiger charge is -2.31. The summed E-state index contributed by atoms with van der Waals surface area (Å²) in [7, 11) is 0.408. The zero-order valence-corrected chi connectivity index (χ0v) is 18.4. The van der Waals surface area contributed by atoms with Crippen LogP contribution in [0.3, 0.4) is 0 Å². The van der Waals surface area contributed by atoms with E-state index in [1.54, 1.807) is 18.2 Å². The first-order valence-electron chi connectivity index (χ1n) is 10.2. The highest BCUT2D eigenvalue weighted by Crippen LogP contribution is 2.18. The van der Waals surface area contributed by atoms with Crippen molar-refractivity contribution in [2.75, 3.05) is 58.3 Å². The maximum atomic E-state index is 12.9. The number of piperazine rings is 1. The lowest BCUT2D eigenvalue weighted by atomic mass is 10.2. The average molecular weight is 431 g/mol. The Kier molecular flexibility index (Phi) is 7.47. The predicted octanol–water partition coefficient (Wildman–Crippen LogP) is 1.88. The minimum Gasteiger partial charge on any atom is -0.375 e. The molecule has 0 atom stereocenters. The first-order valence-corrected chi connectivity index (χ1v) is 11.6. The van der Waals surface area contributed by atoms with Crippen molar-refractivity contribution in [2.24, 2.45) is 0 Å². The van der Waals surface area contributed by atoms with E-state index in [1.165, 1.54) is 10.4 Å². The highest BCUT2D eigenvalue weighted by Gasteiger charge is 2.27. The lowest BCUT2D eigenvalue weighted by molar-refractivity contribution is 0.0953. The van der Waals surface area contributed by atoms with Crippen LogP contribution in [0.4, 0.5) is 5.69 Å². The largest absolute Gasteiger partial charge is 0.375 e. The number of likely N-dealkylation sites (N-methyl/N-ethyl adjacent to an activating group) is 1. The van der Waals surface area contributed by atoms with E-state index in [-0.39, 0.29) is 10.8 Å². The number of sulfonamides is 1. The number of hydrogen-bond donors (Lipinski definition) is 1. The molecule has 0 aliphatic carbocycles. The van der Waals surface area contributed by atoms with Gasteiger partial charge in [0.05, 0.1) is 4.90 Å². The van der Waals surface area contributed by atoms with Gasteiger partial charge < -0.3 is 15.1 Å². The summed E-state index contributed by atoms with van der Waals surface area (Å²) in [5.74, 6) is -0.257. The zero-order valence-electron chi connectivity index (χ0n) is 17.6. The molecule has 8 heteroatoms. The van der Waals surface area contributed by atoms with Crippen LogP contribution >= 0.6 is 0 Å². The van der Waals surface area contributed by atoms with Gasteiger partial charge >= 0.3 is 0 Å². The average Bonchev–Trinajstić information content (AvgIpc) is 2.77. The molecule has 0 bridgehead atoms. The van der Waals surface area contributed by atoms with Crippen LogP contribution in [0.15, 0.2) is 59.5 Å². The number of nitrogens with one attached hydrogen (secondary N) is 1. The van der Waals surface area contributed by atoms with E-state index in [2.05, 4.69) is 15.1 Å².